The normalized spacial score (nSPS) is 10.1. The second-order valence-electron chi connectivity index (χ2n) is 4.54. The quantitative estimate of drug-likeness (QED) is 0.412. The first-order chi connectivity index (χ1) is 10.7. The molecule has 1 heterocycles. The summed E-state index contributed by atoms with van der Waals surface area (Å²) in [6.07, 6.45) is 0. The number of carbonyl (C=O) groups excluding carboxylic acids is 1. The Morgan fingerprint density at radius 1 is 1.09 bits per heavy atom. The molecule has 0 spiro atoms. The Morgan fingerprint density at radius 2 is 1.91 bits per heavy atom. The van der Waals surface area contributed by atoms with E-state index in [4.69, 9.17) is 14.4 Å². The predicted octanol–water partition coefficient (Wildman–Crippen LogP) is 2.88. The Hall–Kier alpha value is -3.39. The van der Waals surface area contributed by atoms with Crippen molar-refractivity contribution in [3.63, 3.8) is 0 Å². The number of hydrogen-bond acceptors (Lipinski definition) is 5. The summed E-state index contributed by atoms with van der Waals surface area (Å²) in [4.78, 5) is 23.3. The number of ether oxygens (including phenoxy) is 1. The zero-order valence-electron chi connectivity index (χ0n) is 11.3. The van der Waals surface area contributed by atoms with Gasteiger partial charge >= 0.3 is 11.6 Å². The number of hydrogen-bond donors (Lipinski definition) is 0. The van der Waals surface area contributed by atoms with Crippen LogP contribution < -0.4 is 10.4 Å². The molecule has 0 amide bonds. The second-order valence-corrected chi connectivity index (χ2v) is 4.54. The summed E-state index contributed by atoms with van der Waals surface area (Å²) in [5.74, 6) is -0.330. The third-order valence-corrected chi connectivity index (χ3v) is 3.03. The Kier molecular flexibility index (Phi) is 3.42. The fraction of sp³-hybridized carbons (Fsp3) is 0. The Morgan fingerprint density at radius 3 is 2.73 bits per heavy atom. The fourth-order valence-electron chi connectivity index (χ4n) is 1.99. The van der Waals surface area contributed by atoms with Crippen molar-refractivity contribution in [3.05, 3.63) is 76.1 Å². The van der Waals surface area contributed by atoms with Gasteiger partial charge in [0.2, 0.25) is 0 Å². The van der Waals surface area contributed by atoms with E-state index >= 15 is 0 Å². The third kappa shape index (κ3) is 2.72. The van der Waals surface area contributed by atoms with Gasteiger partial charge in [0.1, 0.15) is 11.3 Å². The van der Waals surface area contributed by atoms with E-state index in [2.05, 4.69) is 0 Å². The molecule has 0 saturated heterocycles. The molecule has 2 aromatic carbocycles. The van der Waals surface area contributed by atoms with E-state index < -0.39 is 11.6 Å². The van der Waals surface area contributed by atoms with Gasteiger partial charge in [-0.25, -0.2) is 9.59 Å². The summed E-state index contributed by atoms with van der Waals surface area (Å²) in [5.41, 5.74) is 0.508. The topological polar surface area (TPSA) is 80.3 Å². The molecule has 0 saturated carbocycles. The van der Waals surface area contributed by atoms with Gasteiger partial charge in [0.15, 0.2) is 0 Å². The lowest BCUT2D eigenvalue weighted by molar-refractivity contribution is 0.0735. The highest BCUT2D eigenvalue weighted by atomic mass is 16.5. The van der Waals surface area contributed by atoms with Crippen molar-refractivity contribution >= 4 is 16.9 Å². The lowest BCUT2D eigenvalue weighted by atomic mass is 10.1. The smallest absolute Gasteiger partial charge is 0.343 e. The molecule has 0 unspecified atom stereocenters. The van der Waals surface area contributed by atoms with Gasteiger partial charge in [-0.05, 0) is 36.4 Å². The molecule has 0 fully saturated rings. The van der Waals surface area contributed by atoms with E-state index in [-0.39, 0.29) is 11.3 Å². The first-order valence-electron chi connectivity index (χ1n) is 6.42. The lowest BCUT2D eigenvalue weighted by Gasteiger charge is -2.05. The van der Waals surface area contributed by atoms with Crippen molar-refractivity contribution < 1.29 is 13.9 Å². The summed E-state index contributed by atoms with van der Waals surface area (Å²) in [7, 11) is 0. The molecule has 1 aromatic heterocycles. The van der Waals surface area contributed by atoms with E-state index in [1.807, 2.05) is 6.07 Å². The molecule has 0 aliphatic heterocycles. The molecule has 0 radical (unpaired) electrons. The standard InChI is InChI=1S/C17H9NO4/c18-10-11-2-1-3-13(8-11)17(20)21-14-6-4-12-5-7-16(19)22-15(12)9-14/h1-9H. The number of fused-ring (bicyclic) bond motifs is 1. The van der Waals surface area contributed by atoms with Crippen molar-refractivity contribution in [2.45, 2.75) is 0 Å². The van der Waals surface area contributed by atoms with Gasteiger partial charge < -0.3 is 9.15 Å². The molecule has 22 heavy (non-hydrogen) atoms. The SMILES string of the molecule is N#Cc1cccc(C(=O)Oc2ccc3ccc(=O)oc3c2)c1. The average molecular weight is 291 g/mol. The summed E-state index contributed by atoms with van der Waals surface area (Å²) in [6, 6.07) is 15.9. The monoisotopic (exact) mass is 291 g/mol. The van der Waals surface area contributed by atoms with Crippen LogP contribution in [0.2, 0.25) is 0 Å². The summed E-state index contributed by atoms with van der Waals surface area (Å²) >= 11 is 0. The van der Waals surface area contributed by atoms with E-state index in [1.165, 1.54) is 18.2 Å². The molecule has 3 rings (SSSR count). The largest absolute Gasteiger partial charge is 0.423 e. The van der Waals surface area contributed by atoms with E-state index in [0.29, 0.717) is 11.1 Å². The summed E-state index contributed by atoms with van der Waals surface area (Å²) in [6.45, 7) is 0. The number of rotatable bonds is 2. The van der Waals surface area contributed by atoms with Crippen LogP contribution >= 0.6 is 0 Å². The minimum absolute atomic E-state index is 0.259. The third-order valence-electron chi connectivity index (χ3n) is 3.03. The van der Waals surface area contributed by atoms with E-state index in [9.17, 15) is 9.59 Å². The summed E-state index contributed by atoms with van der Waals surface area (Å²) < 4.78 is 10.3. The number of nitriles is 1. The Balaban J connectivity index is 1.90. The maximum absolute atomic E-state index is 12.1. The molecular formula is C17H9NO4. The number of benzene rings is 2. The van der Waals surface area contributed by atoms with Crippen LogP contribution in [0.25, 0.3) is 11.0 Å². The fourth-order valence-corrected chi connectivity index (χ4v) is 1.99. The van der Waals surface area contributed by atoms with Gasteiger partial charge in [0.25, 0.3) is 0 Å². The van der Waals surface area contributed by atoms with Crippen molar-refractivity contribution in [1.82, 2.24) is 0 Å². The van der Waals surface area contributed by atoms with Gasteiger partial charge in [0.05, 0.1) is 17.2 Å². The van der Waals surface area contributed by atoms with Crippen molar-refractivity contribution in [3.8, 4) is 11.8 Å². The van der Waals surface area contributed by atoms with Crippen LogP contribution in [0.1, 0.15) is 15.9 Å². The van der Waals surface area contributed by atoms with Crippen molar-refractivity contribution in [1.29, 1.82) is 5.26 Å². The molecular weight excluding hydrogens is 282 g/mol. The van der Waals surface area contributed by atoms with Gasteiger partial charge in [-0.3, -0.25) is 0 Å². The Labute approximate surface area is 125 Å². The van der Waals surface area contributed by atoms with Gasteiger partial charge in [-0.15, -0.1) is 0 Å². The van der Waals surface area contributed by atoms with Gasteiger partial charge in [0, 0.05) is 17.5 Å². The predicted molar refractivity (Wildman–Crippen MR) is 78.6 cm³/mol. The van der Waals surface area contributed by atoms with Crippen LogP contribution in [0.3, 0.4) is 0 Å². The van der Waals surface area contributed by atoms with Crippen LogP contribution in [0.4, 0.5) is 0 Å². The lowest BCUT2D eigenvalue weighted by Crippen LogP contribution is -2.08. The first-order valence-corrected chi connectivity index (χ1v) is 6.42. The summed E-state index contributed by atoms with van der Waals surface area (Å²) in [5, 5.41) is 9.56. The number of carbonyl (C=O) groups is 1. The maximum atomic E-state index is 12.1. The first kappa shape index (κ1) is 13.6. The van der Waals surface area contributed by atoms with Crippen molar-refractivity contribution in [2.24, 2.45) is 0 Å². The highest BCUT2D eigenvalue weighted by Gasteiger charge is 2.10. The molecule has 0 bridgehead atoms. The van der Waals surface area contributed by atoms with E-state index in [1.54, 1.807) is 36.4 Å². The minimum Gasteiger partial charge on any atom is -0.423 e. The molecule has 5 heteroatoms. The van der Waals surface area contributed by atoms with Crippen LogP contribution in [0.5, 0.6) is 5.75 Å². The van der Waals surface area contributed by atoms with E-state index in [0.717, 1.165) is 5.39 Å². The average Bonchev–Trinajstić information content (AvgIpc) is 2.54. The van der Waals surface area contributed by atoms with Crippen LogP contribution in [-0.4, -0.2) is 5.97 Å². The molecule has 106 valence electrons. The maximum Gasteiger partial charge on any atom is 0.343 e. The van der Waals surface area contributed by atoms with Crippen LogP contribution in [-0.2, 0) is 0 Å². The highest BCUT2D eigenvalue weighted by Crippen LogP contribution is 2.20. The second kappa shape index (κ2) is 5.54. The highest BCUT2D eigenvalue weighted by molar-refractivity contribution is 5.92. The number of nitrogens with zero attached hydrogens (tertiary/aromatic N) is 1. The molecule has 0 atom stereocenters. The van der Waals surface area contributed by atoms with Crippen LogP contribution in [0, 0.1) is 11.3 Å². The van der Waals surface area contributed by atoms with Crippen LogP contribution in [0.15, 0.2) is 63.8 Å². The minimum atomic E-state index is -0.588. The molecule has 3 aromatic rings. The van der Waals surface area contributed by atoms with Gasteiger partial charge in [-0.2, -0.15) is 5.26 Å². The molecule has 0 N–H and O–H groups in total. The molecule has 5 nitrogen and oxygen atoms in total. The van der Waals surface area contributed by atoms with Gasteiger partial charge in [-0.1, -0.05) is 6.07 Å². The Bertz CT molecular complexity index is 966. The molecule has 0 aliphatic rings. The van der Waals surface area contributed by atoms with Crippen molar-refractivity contribution in [2.75, 3.05) is 0 Å². The molecule has 0 aliphatic carbocycles. The zero-order valence-corrected chi connectivity index (χ0v) is 11.3. The zero-order chi connectivity index (χ0) is 15.5. The number of esters is 1.